The number of hydrogen-bond donors (Lipinski definition) is 1. The van der Waals surface area contributed by atoms with E-state index in [2.05, 4.69) is 30.2 Å². The van der Waals surface area contributed by atoms with Crippen molar-refractivity contribution in [2.24, 2.45) is 0 Å². The first kappa shape index (κ1) is 15.8. The zero-order valence-corrected chi connectivity index (χ0v) is 13.2. The van der Waals surface area contributed by atoms with Crippen molar-refractivity contribution in [3.8, 4) is 5.75 Å². The van der Waals surface area contributed by atoms with Crippen molar-refractivity contribution in [2.45, 2.75) is 32.4 Å². The van der Waals surface area contributed by atoms with Crippen LogP contribution in [0.3, 0.4) is 0 Å². The standard InChI is InChI=1S/C17H21ClN2O/c1-3-20-17(10-14-6-5-9-19-12-14)13(2)21-16-8-4-7-15(18)11-16/h4-9,11-13,17,20H,3,10H2,1-2H3. The second-order valence-electron chi connectivity index (χ2n) is 5.01. The molecule has 0 amide bonds. The molecule has 1 aromatic carbocycles. The van der Waals surface area contributed by atoms with Crippen molar-refractivity contribution < 1.29 is 4.74 Å². The fourth-order valence-electron chi connectivity index (χ4n) is 2.28. The number of ether oxygens (including phenoxy) is 1. The second-order valence-corrected chi connectivity index (χ2v) is 5.45. The van der Waals surface area contributed by atoms with Gasteiger partial charge >= 0.3 is 0 Å². The van der Waals surface area contributed by atoms with Crippen LogP contribution in [0.2, 0.25) is 5.02 Å². The first-order valence-corrected chi connectivity index (χ1v) is 7.61. The number of halogens is 1. The van der Waals surface area contributed by atoms with Gasteiger partial charge in [0, 0.05) is 23.5 Å². The van der Waals surface area contributed by atoms with Gasteiger partial charge in [-0.05, 0) is 49.7 Å². The molecule has 4 heteroatoms. The Hall–Kier alpha value is -1.58. The minimum Gasteiger partial charge on any atom is -0.489 e. The van der Waals surface area contributed by atoms with Crippen LogP contribution in [0, 0.1) is 0 Å². The van der Waals surface area contributed by atoms with Gasteiger partial charge in [-0.3, -0.25) is 4.98 Å². The molecule has 0 aliphatic heterocycles. The molecule has 0 radical (unpaired) electrons. The molecule has 2 unspecified atom stereocenters. The Morgan fingerprint density at radius 3 is 2.81 bits per heavy atom. The predicted molar refractivity (Wildman–Crippen MR) is 86.9 cm³/mol. The average molecular weight is 305 g/mol. The monoisotopic (exact) mass is 304 g/mol. The van der Waals surface area contributed by atoms with Crippen molar-refractivity contribution in [1.82, 2.24) is 10.3 Å². The van der Waals surface area contributed by atoms with Gasteiger partial charge in [0.05, 0.1) is 0 Å². The largest absolute Gasteiger partial charge is 0.489 e. The molecule has 112 valence electrons. The minimum atomic E-state index is 0.0311. The third-order valence-electron chi connectivity index (χ3n) is 3.33. The highest BCUT2D eigenvalue weighted by atomic mass is 35.5. The van der Waals surface area contributed by atoms with E-state index in [1.807, 2.05) is 36.5 Å². The van der Waals surface area contributed by atoms with E-state index in [-0.39, 0.29) is 12.1 Å². The van der Waals surface area contributed by atoms with Crippen LogP contribution < -0.4 is 10.1 Å². The Morgan fingerprint density at radius 1 is 1.29 bits per heavy atom. The van der Waals surface area contributed by atoms with E-state index in [9.17, 15) is 0 Å². The molecule has 0 aliphatic rings. The van der Waals surface area contributed by atoms with E-state index < -0.39 is 0 Å². The summed E-state index contributed by atoms with van der Waals surface area (Å²) < 4.78 is 6.01. The lowest BCUT2D eigenvalue weighted by molar-refractivity contribution is 0.170. The van der Waals surface area contributed by atoms with Gasteiger partial charge in [-0.25, -0.2) is 0 Å². The van der Waals surface area contributed by atoms with Crippen LogP contribution in [0.5, 0.6) is 5.75 Å². The van der Waals surface area contributed by atoms with Crippen LogP contribution in [0.1, 0.15) is 19.4 Å². The van der Waals surface area contributed by atoms with Crippen LogP contribution in [0.25, 0.3) is 0 Å². The summed E-state index contributed by atoms with van der Waals surface area (Å²) in [6, 6.07) is 11.8. The Labute approximate surface area is 131 Å². The smallest absolute Gasteiger partial charge is 0.121 e. The quantitative estimate of drug-likeness (QED) is 0.846. The lowest BCUT2D eigenvalue weighted by Gasteiger charge is -2.26. The molecule has 0 aliphatic carbocycles. The maximum atomic E-state index is 6.01. The van der Waals surface area contributed by atoms with Crippen molar-refractivity contribution in [2.75, 3.05) is 6.54 Å². The zero-order valence-electron chi connectivity index (χ0n) is 12.4. The van der Waals surface area contributed by atoms with Crippen molar-refractivity contribution >= 4 is 11.6 Å². The molecule has 2 rings (SSSR count). The summed E-state index contributed by atoms with van der Waals surface area (Å²) in [5, 5.41) is 4.17. The number of nitrogens with zero attached hydrogens (tertiary/aromatic N) is 1. The van der Waals surface area contributed by atoms with E-state index in [4.69, 9.17) is 16.3 Å². The van der Waals surface area contributed by atoms with Gasteiger partial charge < -0.3 is 10.1 Å². The SMILES string of the molecule is CCNC(Cc1cccnc1)C(C)Oc1cccc(Cl)c1. The molecule has 0 fully saturated rings. The second kappa shape index (κ2) is 8.01. The molecule has 0 spiro atoms. The minimum absolute atomic E-state index is 0.0311. The Bertz CT molecular complexity index is 547. The summed E-state index contributed by atoms with van der Waals surface area (Å²) in [5.41, 5.74) is 1.20. The molecule has 0 bridgehead atoms. The Kier molecular flexibility index (Phi) is 6.03. The van der Waals surface area contributed by atoms with Crippen LogP contribution in [-0.4, -0.2) is 23.7 Å². The van der Waals surface area contributed by atoms with Crippen LogP contribution in [0.15, 0.2) is 48.8 Å². The number of rotatable bonds is 7. The summed E-state index contributed by atoms with van der Waals surface area (Å²) in [6.07, 6.45) is 4.60. The topological polar surface area (TPSA) is 34.2 Å². The summed E-state index contributed by atoms with van der Waals surface area (Å²) in [7, 11) is 0. The molecule has 1 N–H and O–H groups in total. The predicted octanol–water partition coefficient (Wildman–Crippen LogP) is 3.72. The molecule has 2 atom stereocenters. The zero-order chi connectivity index (χ0) is 15.1. The molecule has 1 aromatic heterocycles. The summed E-state index contributed by atoms with van der Waals surface area (Å²) in [6.45, 7) is 5.07. The van der Waals surface area contributed by atoms with E-state index >= 15 is 0 Å². The van der Waals surface area contributed by atoms with Crippen LogP contribution in [-0.2, 0) is 6.42 Å². The van der Waals surface area contributed by atoms with Gasteiger partial charge in [0.25, 0.3) is 0 Å². The summed E-state index contributed by atoms with van der Waals surface area (Å²) in [4.78, 5) is 4.17. The van der Waals surface area contributed by atoms with E-state index in [1.54, 1.807) is 6.20 Å². The fraction of sp³-hybridized carbons (Fsp3) is 0.353. The van der Waals surface area contributed by atoms with E-state index in [0.29, 0.717) is 5.02 Å². The van der Waals surface area contributed by atoms with Gasteiger partial charge in [0.2, 0.25) is 0 Å². The highest BCUT2D eigenvalue weighted by molar-refractivity contribution is 6.30. The molecule has 21 heavy (non-hydrogen) atoms. The fourth-order valence-corrected chi connectivity index (χ4v) is 2.46. The van der Waals surface area contributed by atoms with Crippen molar-refractivity contribution in [1.29, 1.82) is 0 Å². The molecule has 0 saturated carbocycles. The molecular formula is C17H21ClN2O. The summed E-state index contributed by atoms with van der Waals surface area (Å²) in [5.74, 6) is 0.795. The highest BCUT2D eigenvalue weighted by Crippen LogP contribution is 2.19. The van der Waals surface area contributed by atoms with E-state index in [0.717, 1.165) is 18.7 Å². The van der Waals surface area contributed by atoms with Crippen molar-refractivity contribution in [3.05, 3.63) is 59.4 Å². The third kappa shape index (κ3) is 5.03. The Morgan fingerprint density at radius 2 is 2.14 bits per heavy atom. The van der Waals surface area contributed by atoms with Gasteiger partial charge in [0.15, 0.2) is 0 Å². The lowest BCUT2D eigenvalue weighted by Crippen LogP contribution is -2.43. The normalized spacial score (nSPS) is 13.7. The maximum absolute atomic E-state index is 6.01. The molecular weight excluding hydrogens is 284 g/mol. The number of likely N-dealkylation sites (N-methyl/N-ethyl adjacent to an activating group) is 1. The first-order valence-electron chi connectivity index (χ1n) is 7.23. The van der Waals surface area contributed by atoms with Gasteiger partial charge in [-0.1, -0.05) is 30.7 Å². The number of hydrogen-bond acceptors (Lipinski definition) is 3. The highest BCUT2D eigenvalue weighted by Gasteiger charge is 2.18. The number of benzene rings is 1. The van der Waals surface area contributed by atoms with Gasteiger partial charge in [0.1, 0.15) is 11.9 Å². The molecule has 0 saturated heterocycles. The molecule has 2 aromatic rings. The molecule has 1 heterocycles. The van der Waals surface area contributed by atoms with Crippen molar-refractivity contribution in [3.63, 3.8) is 0 Å². The Balaban J connectivity index is 2.03. The van der Waals surface area contributed by atoms with Crippen LogP contribution >= 0.6 is 11.6 Å². The third-order valence-corrected chi connectivity index (χ3v) is 3.56. The maximum Gasteiger partial charge on any atom is 0.121 e. The number of aromatic nitrogens is 1. The molecule has 3 nitrogen and oxygen atoms in total. The lowest BCUT2D eigenvalue weighted by atomic mass is 10.0. The number of nitrogens with one attached hydrogen (secondary N) is 1. The summed E-state index contributed by atoms with van der Waals surface area (Å²) >= 11 is 5.99. The van der Waals surface area contributed by atoms with Gasteiger partial charge in [-0.15, -0.1) is 0 Å². The number of pyridine rings is 1. The van der Waals surface area contributed by atoms with E-state index in [1.165, 1.54) is 5.56 Å². The van der Waals surface area contributed by atoms with Gasteiger partial charge in [-0.2, -0.15) is 0 Å². The van der Waals surface area contributed by atoms with Crippen LogP contribution in [0.4, 0.5) is 0 Å². The average Bonchev–Trinajstić information content (AvgIpc) is 2.48. The first-order chi connectivity index (χ1) is 10.2.